The molecule has 0 spiro atoms. The van der Waals surface area contributed by atoms with Gasteiger partial charge in [0.05, 0.1) is 0 Å². The number of benzene rings is 1. The molecule has 1 rings (SSSR count). The van der Waals surface area contributed by atoms with Gasteiger partial charge in [-0.1, -0.05) is 25.5 Å². The molecule has 0 saturated heterocycles. The van der Waals surface area contributed by atoms with Crippen LogP contribution in [0.15, 0.2) is 24.3 Å². The van der Waals surface area contributed by atoms with E-state index in [1.54, 1.807) is 0 Å². The molecule has 0 bridgehead atoms. The average molecular weight is 250 g/mol. The molecule has 4 nitrogen and oxygen atoms in total. The van der Waals surface area contributed by atoms with Crippen LogP contribution in [0.4, 0.5) is 5.69 Å². The predicted molar refractivity (Wildman–Crippen MR) is 73.9 cm³/mol. The van der Waals surface area contributed by atoms with Gasteiger partial charge in [-0.3, -0.25) is 4.79 Å². The van der Waals surface area contributed by atoms with Crippen molar-refractivity contribution in [1.29, 1.82) is 0 Å². The van der Waals surface area contributed by atoms with Gasteiger partial charge in [-0.2, -0.15) is 0 Å². The zero-order valence-corrected chi connectivity index (χ0v) is 11.3. The molecule has 100 valence electrons. The van der Waals surface area contributed by atoms with Crippen LogP contribution in [0.5, 0.6) is 0 Å². The molecule has 0 amide bonds. The molecule has 0 fully saturated rings. The highest BCUT2D eigenvalue weighted by Crippen LogP contribution is 2.12. The van der Waals surface area contributed by atoms with Gasteiger partial charge in [0, 0.05) is 26.3 Å². The molecule has 1 atom stereocenters. The summed E-state index contributed by atoms with van der Waals surface area (Å²) >= 11 is 0. The molecule has 4 heteroatoms. The average Bonchev–Trinajstić information content (AvgIpc) is 2.34. The van der Waals surface area contributed by atoms with Gasteiger partial charge in [-0.15, -0.1) is 0 Å². The SMILES string of the molecule is CCCC(NCc1ccc(N(C)C)cc1)C(=O)O. The van der Waals surface area contributed by atoms with E-state index in [-0.39, 0.29) is 0 Å². The Morgan fingerprint density at radius 1 is 1.33 bits per heavy atom. The van der Waals surface area contributed by atoms with Crippen LogP contribution < -0.4 is 10.2 Å². The molecule has 0 aliphatic carbocycles. The van der Waals surface area contributed by atoms with Crippen molar-refractivity contribution in [2.24, 2.45) is 0 Å². The number of carboxylic acids is 1. The molecule has 0 saturated carbocycles. The fourth-order valence-electron chi connectivity index (χ4n) is 1.75. The van der Waals surface area contributed by atoms with E-state index in [1.807, 2.05) is 50.2 Å². The molecule has 0 aromatic heterocycles. The van der Waals surface area contributed by atoms with Crippen molar-refractivity contribution in [2.45, 2.75) is 32.4 Å². The number of carbonyl (C=O) groups is 1. The van der Waals surface area contributed by atoms with Crippen molar-refractivity contribution >= 4 is 11.7 Å². The minimum Gasteiger partial charge on any atom is -0.480 e. The van der Waals surface area contributed by atoms with E-state index in [0.717, 1.165) is 17.7 Å². The summed E-state index contributed by atoms with van der Waals surface area (Å²) in [5.41, 5.74) is 2.24. The summed E-state index contributed by atoms with van der Waals surface area (Å²) in [6.07, 6.45) is 1.52. The van der Waals surface area contributed by atoms with E-state index in [9.17, 15) is 4.79 Å². The van der Waals surface area contributed by atoms with Crippen LogP contribution in [0.3, 0.4) is 0 Å². The smallest absolute Gasteiger partial charge is 0.320 e. The predicted octanol–water partition coefficient (Wildman–Crippen LogP) is 2.10. The number of aliphatic carboxylic acids is 1. The van der Waals surface area contributed by atoms with Crippen LogP contribution >= 0.6 is 0 Å². The summed E-state index contributed by atoms with van der Waals surface area (Å²) in [6, 6.07) is 7.66. The van der Waals surface area contributed by atoms with Crippen LogP contribution in [-0.2, 0) is 11.3 Å². The van der Waals surface area contributed by atoms with Crippen LogP contribution in [0, 0.1) is 0 Å². The minimum atomic E-state index is -0.776. The summed E-state index contributed by atoms with van der Waals surface area (Å²) in [7, 11) is 3.99. The molecule has 2 N–H and O–H groups in total. The normalized spacial score (nSPS) is 12.2. The Morgan fingerprint density at radius 3 is 2.39 bits per heavy atom. The lowest BCUT2D eigenvalue weighted by atomic mass is 10.1. The van der Waals surface area contributed by atoms with Crippen molar-refractivity contribution in [3.63, 3.8) is 0 Å². The van der Waals surface area contributed by atoms with Crippen LogP contribution in [0.2, 0.25) is 0 Å². The Morgan fingerprint density at radius 2 is 1.94 bits per heavy atom. The minimum absolute atomic E-state index is 0.455. The molecule has 0 heterocycles. The van der Waals surface area contributed by atoms with Crippen molar-refractivity contribution in [3.8, 4) is 0 Å². The quantitative estimate of drug-likeness (QED) is 0.778. The largest absolute Gasteiger partial charge is 0.480 e. The summed E-state index contributed by atoms with van der Waals surface area (Å²) in [4.78, 5) is 13.0. The van der Waals surface area contributed by atoms with Crippen LogP contribution in [0.25, 0.3) is 0 Å². The molecule has 0 radical (unpaired) electrons. The number of anilines is 1. The van der Waals surface area contributed by atoms with E-state index in [1.165, 1.54) is 0 Å². The van der Waals surface area contributed by atoms with Gasteiger partial charge in [0.25, 0.3) is 0 Å². The second-order valence-electron chi connectivity index (χ2n) is 4.62. The molecule has 18 heavy (non-hydrogen) atoms. The zero-order valence-electron chi connectivity index (χ0n) is 11.3. The Balaban J connectivity index is 2.54. The summed E-state index contributed by atoms with van der Waals surface area (Å²) in [5, 5.41) is 12.1. The maximum atomic E-state index is 11.0. The molecule has 1 unspecified atom stereocenters. The standard InChI is InChI=1S/C14H22N2O2/c1-4-5-13(14(17)18)15-10-11-6-8-12(9-7-11)16(2)3/h6-9,13,15H,4-5,10H2,1-3H3,(H,17,18). The number of rotatable bonds is 7. The van der Waals surface area contributed by atoms with Gasteiger partial charge in [0.1, 0.15) is 6.04 Å². The number of nitrogens with one attached hydrogen (secondary N) is 1. The van der Waals surface area contributed by atoms with Crippen molar-refractivity contribution in [1.82, 2.24) is 5.32 Å². The summed E-state index contributed by atoms with van der Waals surface area (Å²) < 4.78 is 0. The number of nitrogens with zero attached hydrogens (tertiary/aromatic N) is 1. The second-order valence-corrected chi connectivity index (χ2v) is 4.62. The lowest BCUT2D eigenvalue weighted by molar-refractivity contribution is -0.139. The van der Waals surface area contributed by atoms with Crippen molar-refractivity contribution in [2.75, 3.05) is 19.0 Å². The first-order valence-corrected chi connectivity index (χ1v) is 6.27. The number of carboxylic acid groups (broad SMARTS) is 1. The Hall–Kier alpha value is -1.55. The monoisotopic (exact) mass is 250 g/mol. The molecular weight excluding hydrogens is 228 g/mol. The second kappa shape index (κ2) is 7.01. The van der Waals surface area contributed by atoms with Crippen molar-refractivity contribution < 1.29 is 9.90 Å². The lowest BCUT2D eigenvalue weighted by Gasteiger charge is -2.15. The van der Waals surface area contributed by atoms with Gasteiger partial charge >= 0.3 is 5.97 Å². The topological polar surface area (TPSA) is 52.6 Å². The van der Waals surface area contributed by atoms with Gasteiger partial charge in [0.2, 0.25) is 0 Å². The fraction of sp³-hybridized carbons (Fsp3) is 0.500. The highest BCUT2D eigenvalue weighted by atomic mass is 16.4. The van der Waals surface area contributed by atoms with E-state index in [0.29, 0.717) is 13.0 Å². The third-order valence-electron chi connectivity index (χ3n) is 2.88. The zero-order chi connectivity index (χ0) is 13.5. The highest BCUT2D eigenvalue weighted by molar-refractivity contribution is 5.73. The van der Waals surface area contributed by atoms with E-state index >= 15 is 0 Å². The fourth-order valence-corrected chi connectivity index (χ4v) is 1.75. The molecule has 1 aromatic rings. The Bertz CT molecular complexity index is 374. The maximum absolute atomic E-state index is 11.0. The van der Waals surface area contributed by atoms with Gasteiger partial charge in [0.15, 0.2) is 0 Å². The third-order valence-corrected chi connectivity index (χ3v) is 2.88. The summed E-state index contributed by atoms with van der Waals surface area (Å²) in [6.45, 7) is 2.58. The van der Waals surface area contributed by atoms with E-state index in [2.05, 4.69) is 5.32 Å². The third kappa shape index (κ3) is 4.37. The molecule has 1 aromatic carbocycles. The van der Waals surface area contributed by atoms with Crippen LogP contribution in [0.1, 0.15) is 25.3 Å². The Labute approximate surface area is 109 Å². The van der Waals surface area contributed by atoms with E-state index < -0.39 is 12.0 Å². The Kier molecular flexibility index (Phi) is 5.65. The first-order valence-electron chi connectivity index (χ1n) is 6.27. The molecule has 0 aliphatic heterocycles. The lowest BCUT2D eigenvalue weighted by Crippen LogP contribution is -2.35. The van der Waals surface area contributed by atoms with Gasteiger partial charge < -0.3 is 15.3 Å². The number of hydrogen-bond donors (Lipinski definition) is 2. The van der Waals surface area contributed by atoms with Gasteiger partial charge in [-0.05, 0) is 24.1 Å². The van der Waals surface area contributed by atoms with Crippen LogP contribution in [-0.4, -0.2) is 31.2 Å². The van der Waals surface area contributed by atoms with Gasteiger partial charge in [-0.25, -0.2) is 0 Å². The maximum Gasteiger partial charge on any atom is 0.320 e. The number of hydrogen-bond acceptors (Lipinski definition) is 3. The van der Waals surface area contributed by atoms with Crippen molar-refractivity contribution in [3.05, 3.63) is 29.8 Å². The highest BCUT2D eigenvalue weighted by Gasteiger charge is 2.14. The first-order chi connectivity index (χ1) is 8.54. The van der Waals surface area contributed by atoms with E-state index in [4.69, 9.17) is 5.11 Å². The first kappa shape index (κ1) is 14.5. The summed E-state index contributed by atoms with van der Waals surface area (Å²) in [5.74, 6) is -0.776. The molecular formula is C14H22N2O2. The molecule has 0 aliphatic rings.